The lowest BCUT2D eigenvalue weighted by Gasteiger charge is -2.03. The second-order valence-electron chi connectivity index (χ2n) is 5.65. The SMILES string of the molecule is COc1ccc(NC(=O)c2nnc(COC(=O)/C=C/c3ccccc3F)s2)cc1. The van der Waals surface area contributed by atoms with Crippen molar-refractivity contribution in [2.75, 3.05) is 12.4 Å². The topological polar surface area (TPSA) is 90.4 Å². The van der Waals surface area contributed by atoms with Crippen LogP contribution in [-0.2, 0) is 16.1 Å². The summed E-state index contributed by atoms with van der Waals surface area (Å²) in [5, 5.41) is 10.8. The normalized spacial score (nSPS) is 10.7. The second kappa shape index (κ2) is 9.56. The Balaban J connectivity index is 1.52. The van der Waals surface area contributed by atoms with Crippen LogP contribution >= 0.6 is 11.3 Å². The molecule has 1 N–H and O–H groups in total. The zero-order chi connectivity index (χ0) is 20.6. The first-order chi connectivity index (χ1) is 14.0. The summed E-state index contributed by atoms with van der Waals surface area (Å²) in [6, 6.07) is 12.9. The van der Waals surface area contributed by atoms with Crippen molar-refractivity contribution in [2.24, 2.45) is 0 Å². The molecule has 1 amide bonds. The highest BCUT2D eigenvalue weighted by Crippen LogP contribution is 2.17. The number of hydrogen-bond donors (Lipinski definition) is 1. The first-order valence-electron chi connectivity index (χ1n) is 8.42. The lowest BCUT2D eigenvalue weighted by atomic mass is 10.2. The van der Waals surface area contributed by atoms with Gasteiger partial charge in [-0.2, -0.15) is 0 Å². The fraction of sp³-hybridized carbons (Fsp3) is 0.100. The third-order valence-electron chi connectivity index (χ3n) is 3.65. The number of benzene rings is 2. The predicted molar refractivity (Wildman–Crippen MR) is 106 cm³/mol. The Labute approximate surface area is 169 Å². The molecule has 148 valence electrons. The molecule has 1 aromatic heterocycles. The smallest absolute Gasteiger partial charge is 0.331 e. The number of aromatic nitrogens is 2. The molecule has 3 rings (SSSR count). The van der Waals surface area contributed by atoms with Crippen LogP contribution in [0.5, 0.6) is 5.75 Å². The van der Waals surface area contributed by atoms with Crippen LogP contribution in [0.4, 0.5) is 10.1 Å². The molecule has 0 aliphatic rings. The van der Waals surface area contributed by atoms with Crippen LogP contribution in [0.2, 0.25) is 0 Å². The number of hydrogen-bond acceptors (Lipinski definition) is 7. The number of amides is 1. The van der Waals surface area contributed by atoms with E-state index in [9.17, 15) is 14.0 Å². The van der Waals surface area contributed by atoms with Crippen LogP contribution in [0.1, 0.15) is 20.4 Å². The van der Waals surface area contributed by atoms with Gasteiger partial charge in [-0.25, -0.2) is 9.18 Å². The van der Waals surface area contributed by atoms with Crippen LogP contribution in [0.15, 0.2) is 54.6 Å². The molecule has 9 heteroatoms. The van der Waals surface area contributed by atoms with Crippen LogP contribution in [0, 0.1) is 5.82 Å². The molecule has 0 fully saturated rings. The number of esters is 1. The maximum absolute atomic E-state index is 13.5. The second-order valence-corrected chi connectivity index (χ2v) is 6.71. The first kappa shape index (κ1) is 20.2. The molecule has 0 radical (unpaired) electrons. The number of carbonyl (C=O) groups excluding carboxylic acids is 2. The van der Waals surface area contributed by atoms with E-state index in [1.54, 1.807) is 43.5 Å². The third-order valence-corrected chi connectivity index (χ3v) is 4.55. The van der Waals surface area contributed by atoms with E-state index in [4.69, 9.17) is 9.47 Å². The Kier molecular flexibility index (Phi) is 6.64. The molecule has 1 heterocycles. The van der Waals surface area contributed by atoms with E-state index >= 15 is 0 Å². The van der Waals surface area contributed by atoms with Gasteiger partial charge in [-0.15, -0.1) is 10.2 Å². The zero-order valence-electron chi connectivity index (χ0n) is 15.3. The third kappa shape index (κ3) is 5.69. The number of anilines is 1. The van der Waals surface area contributed by atoms with Crippen molar-refractivity contribution < 1.29 is 23.5 Å². The zero-order valence-corrected chi connectivity index (χ0v) is 16.1. The number of halogens is 1. The van der Waals surface area contributed by atoms with Crippen LogP contribution < -0.4 is 10.1 Å². The van der Waals surface area contributed by atoms with E-state index in [2.05, 4.69) is 15.5 Å². The number of nitrogens with zero attached hydrogens (tertiary/aromatic N) is 2. The lowest BCUT2D eigenvalue weighted by molar-refractivity contribution is -0.138. The Hall–Kier alpha value is -3.59. The quantitative estimate of drug-likeness (QED) is 0.469. The molecular formula is C20H16FN3O4S. The molecule has 0 aliphatic carbocycles. The van der Waals surface area contributed by atoms with Gasteiger partial charge in [0.1, 0.15) is 18.2 Å². The number of ether oxygens (including phenoxy) is 2. The predicted octanol–water partition coefficient (Wildman–Crippen LogP) is 3.69. The standard InChI is InChI=1S/C20H16FN3O4S/c1-27-15-9-7-14(8-10-15)22-19(26)20-24-23-17(29-20)12-28-18(25)11-6-13-4-2-3-5-16(13)21/h2-11H,12H2,1H3,(H,22,26)/b11-6+. The molecule has 0 saturated carbocycles. The first-order valence-corrected chi connectivity index (χ1v) is 9.24. The molecule has 0 unspecified atom stereocenters. The summed E-state index contributed by atoms with van der Waals surface area (Å²) in [4.78, 5) is 24.0. The number of carbonyl (C=O) groups is 2. The summed E-state index contributed by atoms with van der Waals surface area (Å²) in [5.41, 5.74) is 0.857. The Morgan fingerprint density at radius 2 is 1.90 bits per heavy atom. The maximum Gasteiger partial charge on any atom is 0.331 e. The Bertz CT molecular complexity index is 1030. The van der Waals surface area contributed by atoms with Crippen molar-refractivity contribution in [3.63, 3.8) is 0 Å². The molecule has 2 aromatic carbocycles. The van der Waals surface area contributed by atoms with Crippen molar-refractivity contribution in [1.82, 2.24) is 10.2 Å². The molecule has 29 heavy (non-hydrogen) atoms. The molecule has 0 spiro atoms. The summed E-state index contributed by atoms with van der Waals surface area (Å²) < 4.78 is 23.6. The van der Waals surface area contributed by atoms with Crippen molar-refractivity contribution in [3.05, 3.63) is 76.0 Å². The molecule has 0 aliphatic heterocycles. The van der Waals surface area contributed by atoms with E-state index in [0.29, 0.717) is 16.4 Å². The molecule has 0 atom stereocenters. The largest absolute Gasteiger partial charge is 0.497 e. The minimum atomic E-state index is -0.660. The van der Waals surface area contributed by atoms with Gasteiger partial charge in [0.25, 0.3) is 5.91 Å². The van der Waals surface area contributed by atoms with E-state index in [-0.39, 0.29) is 17.2 Å². The van der Waals surface area contributed by atoms with Gasteiger partial charge in [0.05, 0.1) is 7.11 Å². The fourth-order valence-electron chi connectivity index (χ4n) is 2.21. The van der Waals surface area contributed by atoms with E-state index < -0.39 is 17.7 Å². The minimum absolute atomic E-state index is 0.133. The van der Waals surface area contributed by atoms with Crippen molar-refractivity contribution >= 4 is 35.0 Å². The van der Waals surface area contributed by atoms with Crippen LogP contribution in [0.3, 0.4) is 0 Å². The fourth-order valence-corrected chi connectivity index (χ4v) is 2.86. The molecular weight excluding hydrogens is 397 g/mol. The highest BCUT2D eigenvalue weighted by Gasteiger charge is 2.14. The van der Waals surface area contributed by atoms with Gasteiger partial charge < -0.3 is 14.8 Å². The van der Waals surface area contributed by atoms with E-state index in [0.717, 1.165) is 17.4 Å². The van der Waals surface area contributed by atoms with E-state index in [1.807, 2.05) is 0 Å². The van der Waals surface area contributed by atoms with Crippen molar-refractivity contribution in [3.8, 4) is 5.75 Å². The maximum atomic E-state index is 13.5. The van der Waals surface area contributed by atoms with Gasteiger partial charge in [-0.1, -0.05) is 29.5 Å². The number of nitrogens with one attached hydrogen (secondary N) is 1. The molecule has 3 aromatic rings. The summed E-state index contributed by atoms with van der Waals surface area (Å²) in [7, 11) is 1.55. The number of rotatable bonds is 7. The Morgan fingerprint density at radius 1 is 1.14 bits per heavy atom. The molecule has 7 nitrogen and oxygen atoms in total. The van der Waals surface area contributed by atoms with Crippen molar-refractivity contribution in [2.45, 2.75) is 6.61 Å². The highest BCUT2D eigenvalue weighted by atomic mass is 32.1. The van der Waals surface area contributed by atoms with Gasteiger partial charge in [-0.3, -0.25) is 4.79 Å². The van der Waals surface area contributed by atoms with Crippen molar-refractivity contribution in [1.29, 1.82) is 0 Å². The Morgan fingerprint density at radius 3 is 2.62 bits per heavy atom. The summed E-state index contributed by atoms with van der Waals surface area (Å²) in [6.45, 7) is -0.145. The molecule has 0 bridgehead atoms. The van der Waals surface area contributed by atoms with Crippen LogP contribution in [0.25, 0.3) is 6.08 Å². The van der Waals surface area contributed by atoms with Gasteiger partial charge in [-0.05, 0) is 36.4 Å². The van der Waals surface area contributed by atoms with Gasteiger partial charge in [0.15, 0.2) is 5.01 Å². The summed E-state index contributed by atoms with van der Waals surface area (Å²) in [6.07, 6.45) is 2.45. The molecule has 0 saturated heterocycles. The van der Waals surface area contributed by atoms with Gasteiger partial charge in [0.2, 0.25) is 5.01 Å². The minimum Gasteiger partial charge on any atom is -0.497 e. The highest BCUT2D eigenvalue weighted by molar-refractivity contribution is 7.13. The average molecular weight is 413 g/mol. The summed E-state index contributed by atoms with van der Waals surface area (Å²) in [5.74, 6) is -0.849. The monoisotopic (exact) mass is 413 g/mol. The van der Waals surface area contributed by atoms with E-state index in [1.165, 1.54) is 18.2 Å². The number of methoxy groups -OCH3 is 1. The van der Waals surface area contributed by atoms with Crippen LogP contribution in [-0.4, -0.2) is 29.2 Å². The van der Waals surface area contributed by atoms with Gasteiger partial charge in [0, 0.05) is 17.3 Å². The van der Waals surface area contributed by atoms with Gasteiger partial charge >= 0.3 is 5.97 Å². The summed E-state index contributed by atoms with van der Waals surface area (Å²) >= 11 is 1.01. The lowest BCUT2D eigenvalue weighted by Crippen LogP contribution is -2.11. The average Bonchev–Trinajstić information content (AvgIpc) is 3.21.